The molecular weight excluding hydrogens is 308 g/mol. The summed E-state index contributed by atoms with van der Waals surface area (Å²) in [5.41, 5.74) is 3.20. The average Bonchev–Trinajstić information content (AvgIpc) is 3.22. The number of hydrogen-bond donors (Lipinski definition) is 0. The highest BCUT2D eigenvalue weighted by atomic mass is 32.1. The molecule has 0 radical (unpaired) electrons. The van der Waals surface area contributed by atoms with E-state index < -0.39 is 0 Å². The van der Waals surface area contributed by atoms with E-state index >= 15 is 0 Å². The third-order valence-corrected chi connectivity index (χ3v) is 5.66. The van der Waals surface area contributed by atoms with E-state index in [1.54, 1.807) is 16.2 Å². The molecule has 0 aliphatic carbocycles. The molecule has 118 valence electrons. The number of anilines is 1. The van der Waals surface area contributed by atoms with Gasteiger partial charge in [0.05, 0.1) is 0 Å². The number of urea groups is 1. The molecular formula is C18H18N2O2S. The fraction of sp³-hybridized carbons (Fsp3) is 0.333. The highest BCUT2D eigenvalue weighted by molar-refractivity contribution is 7.09. The van der Waals surface area contributed by atoms with Crippen LogP contribution in [-0.4, -0.2) is 29.4 Å². The maximum absolute atomic E-state index is 12.7. The Morgan fingerprint density at radius 2 is 2.09 bits per heavy atom. The Hall–Kier alpha value is -2.14. The van der Waals surface area contributed by atoms with Crippen LogP contribution in [0.15, 0.2) is 35.7 Å². The van der Waals surface area contributed by atoms with Gasteiger partial charge in [-0.25, -0.2) is 4.79 Å². The SMILES string of the molecule is Cc1cccc2c1CC1C(=O)N(CCCc3cccs3)C(=O)N21. The molecule has 2 aliphatic heterocycles. The second kappa shape index (κ2) is 5.49. The van der Waals surface area contributed by atoms with Crippen LogP contribution in [0.25, 0.3) is 0 Å². The van der Waals surface area contributed by atoms with E-state index in [1.165, 1.54) is 9.78 Å². The highest BCUT2D eigenvalue weighted by Gasteiger charge is 2.49. The summed E-state index contributed by atoms with van der Waals surface area (Å²) in [5, 5.41) is 2.05. The Morgan fingerprint density at radius 1 is 1.22 bits per heavy atom. The van der Waals surface area contributed by atoms with Gasteiger partial charge in [0.25, 0.3) is 5.91 Å². The minimum atomic E-state index is -0.333. The van der Waals surface area contributed by atoms with Gasteiger partial charge in [0.1, 0.15) is 6.04 Å². The summed E-state index contributed by atoms with van der Waals surface area (Å²) >= 11 is 1.72. The van der Waals surface area contributed by atoms with E-state index in [4.69, 9.17) is 0 Å². The van der Waals surface area contributed by atoms with E-state index in [1.807, 2.05) is 31.2 Å². The molecule has 1 unspecified atom stereocenters. The number of carbonyl (C=O) groups is 2. The maximum atomic E-state index is 12.7. The van der Waals surface area contributed by atoms with Crippen LogP contribution in [-0.2, 0) is 17.6 Å². The molecule has 0 spiro atoms. The van der Waals surface area contributed by atoms with Crippen LogP contribution in [0, 0.1) is 6.92 Å². The van der Waals surface area contributed by atoms with Gasteiger partial charge in [-0.2, -0.15) is 0 Å². The van der Waals surface area contributed by atoms with Crippen molar-refractivity contribution in [2.45, 2.75) is 32.2 Å². The molecule has 0 N–H and O–H groups in total. The van der Waals surface area contributed by atoms with Gasteiger partial charge in [-0.05, 0) is 48.4 Å². The first-order valence-electron chi connectivity index (χ1n) is 7.92. The van der Waals surface area contributed by atoms with Gasteiger partial charge in [-0.3, -0.25) is 14.6 Å². The van der Waals surface area contributed by atoms with E-state index in [0.717, 1.165) is 29.7 Å². The third kappa shape index (κ3) is 2.27. The number of fused-ring (bicyclic) bond motifs is 3. The first-order valence-corrected chi connectivity index (χ1v) is 8.80. The second-order valence-corrected chi connectivity index (χ2v) is 7.15. The van der Waals surface area contributed by atoms with Gasteiger partial charge in [0.15, 0.2) is 0 Å². The Morgan fingerprint density at radius 3 is 2.87 bits per heavy atom. The van der Waals surface area contributed by atoms with Crippen molar-refractivity contribution in [3.8, 4) is 0 Å². The van der Waals surface area contributed by atoms with Crippen LogP contribution in [0.3, 0.4) is 0 Å². The largest absolute Gasteiger partial charge is 0.332 e. The zero-order valence-electron chi connectivity index (χ0n) is 13.0. The molecule has 2 aromatic rings. The molecule has 3 amide bonds. The van der Waals surface area contributed by atoms with Crippen molar-refractivity contribution in [2.75, 3.05) is 11.4 Å². The minimum absolute atomic E-state index is 0.0446. The molecule has 23 heavy (non-hydrogen) atoms. The van der Waals surface area contributed by atoms with Crippen LogP contribution >= 0.6 is 11.3 Å². The Kier molecular flexibility index (Phi) is 3.45. The van der Waals surface area contributed by atoms with E-state index in [2.05, 4.69) is 11.4 Å². The molecule has 1 atom stereocenters. The molecule has 3 heterocycles. The average molecular weight is 326 g/mol. The number of hydrogen-bond acceptors (Lipinski definition) is 3. The summed E-state index contributed by atoms with van der Waals surface area (Å²) in [4.78, 5) is 29.8. The summed E-state index contributed by atoms with van der Waals surface area (Å²) in [5.74, 6) is -0.0446. The molecule has 4 nitrogen and oxygen atoms in total. The van der Waals surface area contributed by atoms with Crippen molar-refractivity contribution in [3.05, 3.63) is 51.7 Å². The number of thiophene rings is 1. The molecule has 1 aromatic carbocycles. The Bertz CT molecular complexity index is 769. The van der Waals surface area contributed by atoms with Crippen molar-refractivity contribution >= 4 is 29.0 Å². The number of aryl methyl sites for hydroxylation is 2. The van der Waals surface area contributed by atoms with Crippen LogP contribution in [0.2, 0.25) is 0 Å². The molecule has 1 fully saturated rings. The van der Waals surface area contributed by atoms with Crippen molar-refractivity contribution < 1.29 is 9.59 Å². The smallest absolute Gasteiger partial charge is 0.281 e. The van der Waals surface area contributed by atoms with Gasteiger partial charge in [0, 0.05) is 23.5 Å². The van der Waals surface area contributed by atoms with Crippen LogP contribution < -0.4 is 4.90 Å². The van der Waals surface area contributed by atoms with Gasteiger partial charge >= 0.3 is 6.03 Å². The number of amides is 3. The maximum Gasteiger partial charge on any atom is 0.332 e. The summed E-state index contributed by atoms with van der Waals surface area (Å²) in [6.45, 7) is 2.54. The first-order chi connectivity index (χ1) is 11.2. The van der Waals surface area contributed by atoms with Crippen LogP contribution in [0.5, 0.6) is 0 Å². The fourth-order valence-electron chi connectivity index (χ4n) is 3.54. The van der Waals surface area contributed by atoms with Crippen molar-refractivity contribution in [2.24, 2.45) is 0 Å². The fourth-order valence-corrected chi connectivity index (χ4v) is 4.29. The van der Waals surface area contributed by atoms with E-state index in [-0.39, 0.29) is 18.0 Å². The number of imide groups is 1. The number of carbonyl (C=O) groups excluding carboxylic acids is 2. The monoisotopic (exact) mass is 326 g/mol. The Labute approximate surface area is 139 Å². The standard InChI is InChI=1S/C18H18N2O2S/c1-12-5-2-8-15-14(12)11-16-17(21)19(18(22)20(15)16)9-3-6-13-7-4-10-23-13/h2,4-5,7-8,10,16H,3,6,9,11H2,1H3. The molecule has 0 bridgehead atoms. The molecule has 0 saturated carbocycles. The number of nitrogens with zero attached hydrogens (tertiary/aromatic N) is 2. The second-order valence-electron chi connectivity index (χ2n) is 6.12. The zero-order valence-corrected chi connectivity index (χ0v) is 13.8. The predicted octanol–water partition coefficient (Wildman–Crippen LogP) is 3.38. The quantitative estimate of drug-likeness (QED) is 0.808. The topological polar surface area (TPSA) is 40.6 Å². The van der Waals surface area contributed by atoms with Gasteiger partial charge in [0.2, 0.25) is 0 Å². The van der Waals surface area contributed by atoms with Crippen LogP contribution in [0.1, 0.15) is 22.4 Å². The Balaban J connectivity index is 1.50. The normalized spacial score (nSPS) is 19.4. The van der Waals surface area contributed by atoms with Crippen molar-refractivity contribution in [1.29, 1.82) is 0 Å². The predicted molar refractivity (Wildman–Crippen MR) is 90.9 cm³/mol. The molecule has 1 saturated heterocycles. The van der Waals surface area contributed by atoms with E-state index in [0.29, 0.717) is 13.0 Å². The number of rotatable bonds is 4. The number of benzene rings is 1. The third-order valence-electron chi connectivity index (χ3n) is 4.73. The molecule has 5 heteroatoms. The van der Waals surface area contributed by atoms with Gasteiger partial charge in [-0.15, -0.1) is 11.3 Å². The lowest BCUT2D eigenvalue weighted by Crippen LogP contribution is -2.34. The lowest BCUT2D eigenvalue weighted by atomic mass is 10.0. The summed E-state index contributed by atoms with van der Waals surface area (Å²) in [7, 11) is 0. The first kappa shape index (κ1) is 14.5. The summed E-state index contributed by atoms with van der Waals surface area (Å²) < 4.78 is 0. The highest BCUT2D eigenvalue weighted by Crippen LogP contribution is 2.39. The van der Waals surface area contributed by atoms with Crippen molar-refractivity contribution in [3.63, 3.8) is 0 Å². The van der Waals surface area contributed by atoms with Crippen LogP contribution in [0.4, 0.5) is 10.5 Å². The summed E-state index contributed by atoms with van der Waals surface area (Å²) in [6.07, 6.45) is 2.38. The molecule has 4 rings (SSSR count). The minimum Gasteiger partial charge on any atom is -0.281 e. The zero-order chi connectivity index (χ0) is 16.0. The molecule has 1 aromatic heterocycles. The van der Waals surface area contributed by atoms with Gasteiger partial charge < -0.3 is 0 Å². The summed E-state index contributed by atoms with van der Waals surface area (Å²) in [6, 6.07) is 9.57. The lowest BCUT2D eigenvalue weighted by Gasteiger charge is -2.17. The molecule has 2 aliphatic rings. The van der Waals surface area contributed by atoms with E-state index in [9.17, 15) is 9.59 Å². The van der Waals surface area contributed by atoms with Crippen molar-refractivity contribution in [1.82, 2.24) is 4.90 Å². The van der Waals surface area contributed by atoms with Gasteiger partial charge in [-0.1, -0.05) is 18.2 Å². The lowest BCUT2D eigenvalue weighted by molar-refractivity contribution is -0.127.